The molecule has 2 saturated heterocycles. The Hall–Kier alpha value is -3.94. The van der Waals surface area contributed by atoms with Gasteiger partial charge < -0.3 is 33.2 Å². The fourth-order valence-electron chi connectivity index (χ4n) is 6.09. The number of methoxy groups -OCH3 is 1. The lowest BCUT2D eigenvalue weighted by Crippen LogP contribution is -2.63. The van der Waals surface area contributed by atoms with E-state index in [1.807, 2.05) is 91.0 Å². The Morgan fingerprint density at radius 3 is 2.09 bits per heavy atom. The second-order valence-corrected chi connectivity index (χ2v) is 11.9. The fourth-order valence-corrected chi connectivity index (χ4v) is 6.09. The molecule has 2 aliphatic heterocycles. The molecule has 1 aromatic heterocycles. The highest BCUT2D eigenvalue weighted by molar-refractivity contribution is 5.19. The maximum atomic E-state index is 13.9. The van der Waals surface area contributed by atoms with Crippen LogP contribution in [0.25, 0.3) is 0 Å². The molecule has 47 heavy (non-hydrogen) atoms. The van der Waals surface area contributed by atoms with Gasteiger partial charge in [-0.3, -0.25) is 9.36 Å². The third-order valence-electron chi connectivity index (χ3n) is 8.61. The second kappa shape index (κ2) is 14.9. The first-order chi connectivity index (χ1) is 22.9. The van der Waals surface area contributed by atoms with Crippen LogP contribution in [-0.2, 0) is 53.1 Å². The van der Waals surface area contributed by atoms with Gasteiger partial charge in [-0.05, 0) is 18.1 Å². The minimum atomic E-state index is -1.18. The average Bonchev–Trinajstić information content (AvgIpc) is 3.41. The van der Waals surface area contributed by atoms with Gasteiger partial charge in [-0.15, -0.1) is 0 Å². The molecule has 6 rings (SSSR count). The van der Waals surface area contributed by atoms with E-state index in [9.17, 15) is 9.59 Å². The van der Waals surface area contributed by atoms with Gasteiger partial charge >= 0.3 is 5.69 Å². The van der Waals surface area contributed by atoms with Gasteiger partial charge in [0.1, 0.15) is 31.0 Å². The van der Waals surface area contributed by atoms with Gasteiger partial charge in [-0.1, -0.05) is 91.0 Å². The van der Waals surface area contributed by atoms with Gasteiger partial charge in [0.25, 0.3) is 5.56 Å². The summed E-state index contributed by atoms with van der Waals surface area (Å²) >= 11 is 0. The fraction of sp³-hybridized carbons (Fsp3) is 0.389. The van der Waals surface area contributed by atoms with Crippen LogP contribution in [0.1, 0.15) is 41.2 Å². The summed E-state index contributed by atoms with van der Waals surface area (Å²) in [5.74, 6) is 0. The molecule has 3 heterocycles. The predicted molar refractivity (Wildman–Crippen MR) is 171 cm³/mol. The molecule has 2 aliphatic rings. The van der Waals surface area contributed by atoms with E-state index in [0.717, 1.165) is 21.3 Å². The number of nitrogens with zero attached hydrogens (tertiary/aromatic N) is 2. The lowest BCUT2D eigenvalue weighted by molar-refractivity contribution is -0.313. The van der Waals surface area contributed by atoms with Crippen molar-refractivity contribution in [2.24, 2.45) is 0 Å². The van der Waals surface area contributed by atoms with Crippen LogP contribution < -0.4 is 11.2 Å². The van der Waals surface area contributed by atoms with E-state index in [0.29, 0.717) is 5.56 Å². The van der Waals surface area contributed by atoms with Crippen molar-refractivity contribution >= 4 is 0 Å². The zero-order chi connectivity index (χ0) is 32.7. The molecule has 1 spiro atoms. The lowest BCUT2D eigenvalue weighted by Gasteiger charge is -2.46. The summed E-state index contributed by atoms with van der Waals surface area (Å²) in [5, 5.41) is 0. The molecule has 11 nitrogen and oxygen atoms in total. The predicted octanol–water partition coefficient (Wildman–Crippen LogP) is 4.47. The van der Waals surface area contributed by atoms with E-state index in [-0.39, 0.29) is 53.0 Å². The summed E-state index contributed by atoms with van der Waals surface area (Å²) < 4.78 is 45.7. The Labute approximate surface area is 273 Å². The first-order valence-electron chi connectivity index (χ1n) is 15.6. The second-order valence-electron chi connectivity index (χ2n) is 11.9. The molecule has 2 fully saturated rings. The van der Waals surface area contributed by atoms with E-state index in [4.69, 9.17) is 33.2 Å². The van der Waals surface area contributed by atoms with Crippen molar-refractivity contribution in [2.75, 3.05) is 33.7 Å². The standard InChI is InChI=1S/C36H40N2O9/c1-27-19-37(34(40)38(32(27)39)25-42-20-28-12-6-3-7-13-28)31-18-35(22-43-26-41-2,46-21-29-14-8-4-9-15-29)36(47-31)23-44-33(45-24-36)30-16-10-5-11-17-30/h3-17,19,31,33H,18,20-26H2,1-2H3/t31-,33?,35-,36?/m1/s1. The van der Waals surface area contributed by atoms with E-state index in [1.54, 1.807) is 14.0 Å². The van der Waals surface area contributed by atoms with Crippen molar-refractivity contribution in [3.05, 3.63) is 140 Å². The average molecular weight is 645 g/mol. The number of hydrogen-bond donors (Lipinski definition) is 0. The van der Waals surface area contributed by atoms with Crippen molar-refractivity contribution in [3.63, 3.8) is 0 Å². The van der Waals surface area contributed by atoms with Crippen LogP contribution in [0.3, 0.4) is 0 Å². The Kier molecular flexibility index (Phi) is 10.4. The summed E-state index contributed by atoms with van der Waals surface area (Å²) in [6.07, 6.45) is 0.279. The van der Waals surface area contributed by atoms with Crippen molar-refractivity contribution in [1.82, 2.24) is 9.13 Å². The highest BCUT2D eigenvalue weighted by Gasteiger charge is 2.64. The molecule has 0 amide bonds. The van der Waals surface area contributed by atoms with Crippen molar-refractivity contribution in [1.29, 1.82) is 0 Å². The highest BCUT2D eigenvalue weighted by atomic mass is 16.7. The van der Waals surface area contributed by atoms with Gasteiger partial charge in [-0.2, -0.15) is 0 Å². The van der Waals surface area contributed by atoms with Crippen molar-refractivity contribution in [2.45, 2.75) is 57.0 Å². The van der Waals surface area contributed by atoms with Crippen LogP contribution in [0.15, 0.2) is 107 Å². The first kappa shape index (κ1) is 33.0. The Morgan fingerprint density at radius 1 is 0.830 bits per heavy atom. The molecule has 0 unspecified atom stereocenters. The Morgan fingerprint density at radius 2 is 1.45 bits per heavy atom. The summed E-state index contributed by atoms with van der Waals surface area (Å²) in [7, 11) is 1.55. The maximum Gasteiger partial charge on any atom is 0.335 e. The normalized spacial score (nSPS) is 24.1. The van der Waals surface area contributed by atoms with Crippen LogP contribution in [0.2, 0.25) is 0 Å². The smallest absolute Gasteiger partial charge is 0.335 e. The number of aromatic nitrogens is 2. The van der Waals surface area contributed by atoms with Crippen molar-refractivity contribution < 1.29 is 33.2 Å². The van der Waals surface area contributed by atoms with E-state index in [1.165, 1.54) is 10.8 Å². The summed E-state index contributed by atoms with van der Waals surface area (Å²) in [6, 6.07) is 29.0. The number of ether oxygens (including phenoxy) is 7. The van der Waals surface area contributed by atoms with E-state index >= 15 is 0 Å². The minimum absolute atomic E-state index is 0.0221. The molecule has 0 aliphatic carbocycles. The number of rotatable bonds is 13. The minimum Gasteiger partial charge on any atom is -0.365 e. The third kappa shape index (κ3) is 7.16. The molecule has 0 bridgehead atoms. The number of benzene rings is 3. The Bertz CT molecular complexity index is 1700. The molecule has 0 N–H and O–H groups in total. The largest absolute Gasteiger partial charge is 0.365 e. The summed E-state index contributed by atoms with van der Waals surface area (Å²) in [6.45, 7) is 2.23. The quantitative estimate of drug-likeness (QED) is 0.154. The molecule has 0 saturated carbocycles. The van der Waals surface area contributed by atoms with Crippen LogP contribution in [0, 0.1) is 6.92 Å². The Balaban J connectivity index is 1.33. The molecular weight excluding hydrogens is 604 g/mol. The van der Waals surface area contributed by atoms with E-state index < -0.39 is 35.0 Å². The molecular formula is C36H40N2O9. The topological polar surface area (TPSA) is 109 Å². The SMILES string of the molecule is COCOC[C@]1(OCc2ccccc2)C[C@H](n2cc(C)c(=O)n(COCc3ccccc3)c2=O)OC12COC(c1ccccc1)OC2. The van der Waals surface area contributed by atoms with Gasteiger partial charge in [0, 0.05) is 30.9 Å². The van der Waals surface area contributed by atoms with Gasteiger partial charge in [-0.25, -0.2) is 9.36 Å². The third-order valence-corrected chi connectivity index (χ3v) is 8.61. The van der Waals surface area contributed by atoms with Gasteiger partial charge in [0.05, 0.1) is 33.0 Å². The molecule has 3 aromatic carbocycles. The van der Waals surface area contributed by atoms with Crippen LogP contribution in [0.4, 0.5) is 0 Å². The molecule has 0 radical (unpaired) electrons. The zero-order valence-corrected chi connectivity index (χ0v) is 26.6. The number of hydrogen-bond acceptors (Lipinski definition) is 9. The molecule has 11 heteroatoms. The van der Waals surface area contributed by atoms with Gasteiger partial charge in [0.2, 0.25) is 0 Å². The maximum absolute atomic E-state index is 13.9. The molecule has 4 aromatic rings. The molecule has 2 atom stereocenters. The van der Waals surface area contributed by atoms with Crippen LogP contribution in [-0.4, -0.2) is 54.1 Å². The van der Waals surface area contributed by atoms with Crippen molar-refractivity contribution in [3.8, 4) is 0 Å². The highest BCUT2D eigenvalue weighted by Crippen LogP contribution is 2.50. The monoisotopic (exact) mass is 644 g/mol. The van der Waals surface area contributed by atoms with Gasteiger partial charge in [0.15, 0.2) is 6.29 Å². The lowest BCUT2D eigenvalue weighted by atomic mass is 9.82. The first-order valence-corrected chi connectivity index (χ1v) is 15.6. The number of aryl methyl sites for hydroxylation is 1. The molecule has 248 valence electrons. The summed E-state index contributed by atoms with van der Waals surface area (Å²) in [4.78, 5) is 27.1. The van der Waals surface area contributed by atoms with Crippen LogP contribution in [0.5, 0.6) is 0 Å². The van der Waals surface area contributed by atoms with E-state index in [2.05, 4.69) is 0 Å². The van der Waals surface area contributed by atoms with Crippen LogP contribution >= 0.6 is 0 Å². The summed E-state index contributed by atoms with van der Waals surface area (Å²) in [5.41, 5.74) is -0.189. The zero-order valence-electron chi connectivity index (χ0n) is 26.6.